The number of nitrogens with zero attached hydrogens (tertiary/aromatic N) is 3. The van der Waals surface area contributed by atoms with E-state index >= 15 is 0 Å². The minimum atomic E-state index is -2.81. The lowest BCUT2D eigenvalue weighted by Gasteiger charge is -2.11. The zero-order valence-electron chi connectivity index (χ0n) is 13.5. The number of hydrogen-bond donors (Lipinski definition) is 2. The summed E-state index contributed by atoms with van der Waals surface area (Å²) in [6, 6.07) is 4.75. The van der Waals surface area contributed by atoms with E-state index < -0.39 is 30.8 Å². The lowest BCUT2D eigenvalue weighted by atomic mass is 10.2. The molecule has 0 aliphatic carbocycles. The zero-order valence-corrected chi connectivity index (χ0v) is 13.5. The summed E-state index contributed by atoms with van der Waals surface area (Å²) in [7, 11) is 0. The molecule has 0 radical (unpaired) electrons. The number of amides is 1. The highest BCUT2D eigenvalue weighted by Gasteiger charge is 2.42. The van der Waals surface area contributed by atoms with Crippen molar-refractivity contribution in [2.45, 2.75) is 38.8 Å². The molecule has 0 saturated carbocycles. The van der Waals surface area contributed by atoms with E-state index in [-0.39, 0.29) is 6.54 Å². The molecule has 1 saturated heterocycles. The van der Waals surface area contributed by atoms with Crippen LogP contribution in [0.4, 0.5) is 8.78 Å². The van der Waals surface area contributed by atoms with Crippen LogP contribution in [0, 0.1) is 13.8 Å². The van der Waals surface area contributed by atoms with Gasteiger partial charge in [-0.15, -0.1) is 0 Å². The van der Waals surface area contributed by atoms with Crippen LogP contribution in [-0.4, -0.2) is 39.2 Å². The largest absolute Gasteiger partial charge is 0.351 e. The Morgan fingerprint density at radius 3 is 2.79 bits per heavy atom. The van der Waals surface area contributed by atoms with E-state index in [1.807, 2.05) is 32.0 Å². The number of pyridine rings is 1. The maximum atomic E-state index is 13.1. The number of hydrogen-bond acceptors (Lipinski definition) is 4. The van der Waals surface area contributed by atoms with Crippen LogP contribution < -0.4 is 10.6 Å². The third-order valence-electron chi connectivity index (χ3n) is 3.93. The van der Waals surface area contributed by atoms with Crippen molar-refractivity contribution in [1.29, 1.82) is 0 Å². The summed E-state index contributed by atoms with van der Waals surface area (Å²) in [5.41, 5.74) is 2.68. The van der Waals surface area contributed by atoms with Crippen molar-refractivity contribution >= 4 is 5.91 Å². The monoisotopic (exact) mass is 335 g/mol. The Morgan fingerprint density at radius 1 is 1.46 bits per heavy atom. The van der Waals surface area contributed by atoms with Gasteiger partial charge in [-0.1, -0.05) is 6.07 Å². The molecule has 2 aromatic rings. The standard InChI is InChI=1S/C16H19F2N5O/c1-10-5-11(2)23(22-10)14-4-3-12(7-19-14)8-20-15(24)13-6-16(17,18)9-21-13/h3-5,7,13,21H,6,8-9H2,1-2H3,(H,20,24). The average molecular weight is 335 g/mol. The van der Waals surface area contributed by atoms with Gasteiger partial charge in [0, 0.05) is 24.9 Å². The third-order valence-corrected chi connectivity index (χ3v) is 3.93. The summed E-state index contributed by atoms with van der Waals surface area (Å²) < 4.78 is 27.9. The lowest BCUT2D eigenvalue weighted by molar-refractivity contribution is -0.123. The number of rotatable bonds is 4. The normalized spacial score (nSPS) is 19.4. The first-order chi connectivity index (χ1) is 11.3. The fraction of sp³-hybridized carbons (Fsp3) is 0.438. The van der Waals surface area contributed by atoms with Crippen molar-refractivity contribution in [3.8, 4) is 5.82 Å². The Labute approximate surface area is 138 Å². The van der Waals surface area contributed by atoms with Gasteiger partial charge in [0.05, 0.1) is 18.3 Å². The Balaban J connectivity index is 1.59. The van der Waals surface area contributed by atoms with Gasteiger partial charge in [0.1, 0.15) is 0 Å². The van der Waals surface area contributed by atoms with Gasteiger partial charge in [0.2, 0.25) is 5.91 Å². The molecule has 1 atom stereocenters. The Morgan fingerprint density at radius 2 is 2.25 bits per heavy atom. The van der Waals surface area contributed by atoms with Crippen molar-refractivity contribution in [2.75, 3.05) is 6.54 Å². The molecule has 24 heavy (non-hydrogen) atoms. The summed E-state index contributed by atoms with van der Waals surface area (Å²) in [6.07, 6.45) is 1.18. The minimum Gasteiger partial charge on any atom is -0.351 e. The van der Waals surface area contributed by atoms with Crippen LogP contribution in [0.1, 0.15) is 23.4 Å². The highest BCUT2D eigenvalue weighted by Crippen LogP contribution is 2.25. The van der Waals surface area contributed by atoms with Crippen LogP contribution in [0.25, 0.3) is 5.82 Å². The number of carbonyl (C=O) groups is 1. The topological polar surface area (TPSA) is 71.8 Å². The van der Waals surface area contributed by atoms with E-state index in [0.29, 0.717) is 5.82 Å². The first kappa shape index (κ1) is 16.5. The van der Waals surface area contributed by atoms with Crippen LogP contribution >= 0.6 is 0 Å². The van der Waals surface area contributed by atoms with E-state index in [1.54, 1.807) is 10.9 Å². The summed E-state index contributed by atoms with van der Waals surface area (Å²) in [6.45, 7) is 3.64. The van der Waals surface area contributed by atoms with E-state index in [9.17, 15) is 13.6 Å². The molecule has 1 aliphatic rings. The molecule has 0 spiro atoms. The highest BCUT2D eigenvalue weighted by atomic mass is 19.3. The third kappa shape index (κ3) is 3.59. The molecule has 3 rings (SSSR count). The van der Waals surface area contributed by atoms with E-state index in [1.165, 1.54) is 0 Å². The molecular weight excluding hydrogens is 316 g/mol. The predicted octanol–water partition coefficient (Wildman–Crippen LogP) is 1.50. The fourth-order valence-electron chi connectivity index (χ4n) is 2.72. The van der Waals surface area contributed by atoms with Gasteiger partial charge in [-0.3, -0.25) is 10.1 Å². The molecule has 1 unspecified atom stereocenters. The number of carbonyl (C=O) groups excluding carboxylic acids is 1. The van der Waals surface area contributed by atoms with Crippen LogP contribution in [0.3, 0.4) is 0 Å². The molecule has 2 aromatic heterocycles. The molecular formula is C16H19F2N5O. The van der Waals surface area contributed by atoms with E-state index in [0.717, 1.165) is 17.0 Å². The number of aromatic nitrogens is 3. The van der Waals surface area contributed by atoms with Crippen LogP contribution in [0.15, 0.2) is 24.4 Å². The van der Waals surface area contributed by atoms with Gasteiger partial charge in [0.15, 0.2) is 5.82 Å². The maximum Gasteiger partial charge on any atom is 0.262 e. The SMILES string of the molecule is Cc1cc(C)n(-c2ccc(CNC(=O)C3CC(F)(F)CN3)cn2)n1. The Kier molecular flexibility index (Phi) is 4.31. The highest BCUT2D eigenvalue weighted by molar-refractivity contribution is 5.82. The Hall–Kier alpha value is -2.35. The average Bonchev–Trinajstić information content (AvgIpc) is 3.07. The molecule has 0 aromatic carbocycles. The van der Waals surface area contributed by atoms with Crippen molar-refractivity contribution < 1.29 is 13.6 Å². The van der Waals surface area contributed by atoms with Gasteiger partial charge in [-0.25, -0.2) is 18.4 Å². The number of alkyl halides is 2. The van der Waals surface area contributed by atoms with Crippen molar-refractivity contribution in [3.05, 3.63) is 41.3 Å². The second kappa shape index (κ2) is 6.27. The summed E-state index contributed by atoms with van der Waals surface area (Å²) in [4.78, 5) is 16.2. The first-order valence-electron chi connectivity index (χ1n) is 7.71. The molecule has 6 nitrogen and oxygen atoms in total. The zero-order chi connectivity index (χ0) is 17.3. The number of aryl methyl sites for hydroxylation is 2. The smallest absolute Gasteiger partial charge is 0.262 e. The molecule has 3 heterocycles. The van der Waals surface area contributed by atoms with Gasteiger partial charge in [-0.05, 0) is 31.5 Å². The van der Waals surface area contributed by atoms with Crippen LogP contribution in [-0.2, 0) is 11.3 Å². The molecule has 1 aliphatic heterocycles. The fourth-order valence-corrected chi connectivity index (χ4v) is 2.72. The number of halogens is 2. The van der Waals surface area contributed by atoms with Gasteiger partial charge < -0.3 is 5.32 Å². The first-order valence-corrected chi connectivity index (χ1v) is 7.71. The molecule has 8 heteroatoms. The van der Waals surface area contributed by atoms with Crippen molar-refractivity contribution in [3.63, 3.8) is 0 Å². The van der Waals surface area contributed by atoms with Crippen LogP contribution in [0.5, 0.6) is 0 Å². The summed E-state index contributed by atoms with van der Waals surface area (Å²) >= 11 is 0. The molecule has 0 bridgehead atoms. The molecule has 1 fully saturated rings. The molecule has 128 valence electrons. The van der Waals surface area contributed by atoms with Gasteiger partial charge in [-0.2, -0.15) is 5.10 Å². The summed E-state index contributed by atoms with van der Waals surface area (Å²) in [5.74, 6) is -2.55. The maximum absolute atomic E-state index is 13.1. The number of nitrogens with one attached hydrogen (secondary N) is 2. The second-order valence-electron chi connectivity index (χ2n) is 6.07. The molecule has 1 amide bonds. The van der Waals surface area contributed by atoms with Crippen LogP contribution in [0.2, 0.25) is 0 Å². The lowest BCUT2D eigenvalue weighted by Crippen LogP contribution is -2.40. The molecule has 2 N–H and O–H groups in total. The Bertz CT molecular complexity index is 741. The van der Waals surface area contributed by atoms with Crippen molar-refractivity contribution in [1.82, 2.24) is 25.4 Å². The predicted molar refractivity (Wildman–Crippen MR) is 84.0 cm³/mol. The van der Waals surface area contributed by atoms with E-state index in [2.05, 4.69) is 20.7 Å². The van der Waals surface area contributed by atoms with Crippen molar-refractivity contribution in [2.24, 2.45) is 0 Å². The van der Waals surface area contributed by atoms with Gasteiger partial charge in [0.25, 0.3) is 5.92 Å². The minimum absolute atomic E-state index is 0.243. The van der Waals surface area contributed by atoms with Gasteiger partial charge >= 0.3 is 0 Å². The van der Waals surface area contributed by atoms with E-state index in [4.69, 9.17) is 0 Å². The summed E-state index contributed by atoms with van der Waals surface area (Å²) in [5, 5.41) is 9.54. The quantitative estimate of drug-likeness (QED) is 0.888. The second-order valence-corrected chi connectivity index (χ2v) is 6.07.